The fourth-order valence-electron chi connectivity index (χ4n) is 3.76. The van der Waals surface area contributed by atoms with Crippen molar-refractivity contribution < 1.29 is 13.6 Å². The second-order valence-corrected chi connectivity index (χ2v) is 13.6. The maximum Gasteiger partial charge on any atom is 0.349 e. The molecular formula is C20H34O3Si. The maximum atomic E-state index is 6.69. The summed E-state index contributed by atoms with van der Waals surface area (Å²) in [5.74, 6) is 0. The fraction of sp³-hybridized carbons (Fsp3) is 0.700. The zero-order valence-electron chi connectivity index (χ0n) is 16.2. The van der Waals surface area contributed by atoms with Gasteiger partial charge in [0.05, 0.1) is 12.7 Å². The molecule has 1 unspecified atom stereocenters. The molecule has 136 valence electrons. The van der Waals surface area contributed by atoms with Crippen LogP contribution >= 0.6 is 0 Å². The molecule has 1 fully saturated rings. The average molecular weight is 351 g/mol. The van der Waals surface area contributed by atoms with Crippen molar-refractivity contribution in [2.75, 3.05) is 13.2 Å². The van der Waals surface area contributed by atoms with Gasteiger partial charge in [-0.15, -0.1) is 0 Å². The van der Waals surface area contributed by atoms with E-state index in [9.17, 15) is 0 Å². The van der Waals surface area contributed by atoms with Gasteiger partial charge in [0.1, 0.15) is 0 Å². The molecule has 24 heavy (non-hydrogen) atoms. The van der Waals surface area contributed by atoms with E-state index in [1.165, 1.54) is 5.56 Å². The van der Waals surface area contributed by atoms with Gasteiger partial charge in [0, 0.05) is 23.3 Å². The van der Waals surface area contributed by atoms with Gasteiger partial charge in [-0.25, -0.2) is 0 Å². The maximum absolute atomic E-state index is 6.69. The van der Waals surface area contributed by atoms with Crippen LogP contribution in [0.5, 0.6) is 0 Å². The van der Waals surface area contributed by atoms with Crippen LogP contribution in [0.2, 0.25) is 10.1 Å². The highest BCUT2D eigenvalue weighted by Crippen LogP contribution is 2.54. The van der Waals surface area contributed by atoms with E-state index in [1.807, 2.05) is 18.2 Å². The van der Waals surface area contributed by atoms with Gasteiger partial charge in [-0.2, -0.15) is 0 Å². The standard InChI is InChI=1S/C20H34O3Si/c1-19(2,3)24(20(4,5)6)22-15-13-18(23-24)12-14-21-16-17-10-8-7-9-11-17/h7-11,18H,12-16H2,1-6H3. The molecule has 1 aromatic rings. The van der Waals surface area contributed by atoms with Crippen molar-refractivity contribution in [1.82, 2.24) is 0 Å². The zero-order chi connectivity index (χ0) is 17.8. The highest BCUT2D eigenvalue weighted by atomic mass is 28.4. The molecule has 0 saturated carbocycles. The van der Waals surface area contributed by atoms with Crippen LogP contribution in [-0.2, 0) is 20.2 Å². The summed E-state index contributed by atoms with van der Waals surface area (Å²) < 4.78 is 18.9. The van der Waals surface area contributed by atoms with E-state index in [2.05, 4.69) is 53.7 Å². The van der Waals surface area contributed by atoms with Crippen LogP contribution in [0.4, 0.5) is 0 Å². The van der Waals surface area contributed by atoms with Crippen molar-refractivity contribution in [3.63, 3.8) is 0 Å². The summed E-state index contributed by atoms with van der Waals surface area (Å²) in [6, 6.07) is 10.3. The molecule has 1 aromatic carbocycles. The second-order valence-electron chi connectivity index (χ2n) is 8.82. The van der Waals surface area contributed by atoms with Crippen LogP contribution in [-0.4, -0.2) is 27.9 Å². The Kier molecular flexibility index (Phi) is 6.29. The lowest BCUT2D eigenvalue weighted by molar-refractivity contribution is -0.000943. The van der Waals surface area contributed by atoms with Crippen molar-refractivity contribution in [3.05, 3.63) is 35.9 Å². The van der Waals surface area contributed by atoms with Crippen molar-refractivity contribution in [2.45, 2.75) is 77.2 Å². The molecule has 1 atom stereocenters. The smallest absolute Gasteiger partial charge is 0.349 e. The summed E-state index contributed by atoms with van der Waals surface area (Å²) in [7, 11) is -2.33. The Bertz CT molecular complexity index is 488. The molecule has 0 bridgehead atoms. The Labute approximate surface area is 149 Å². The third-order valence-electron chi connectivity index (χ3n) is 4.75. The normalized spacial score (nSPS) is 21.7. The lowest BCUT2D eigenvalue weighted by Gasteiger charge is -2.53. The molecule has 0 amide bonds. The van der Waals surface area contributed by atoms with E-state index < -0.39 is 8.56 Å². The van der Waals surface area contributed by atoms with Gasteiger partial charge < -0.3 is 13.6 Å². The summed E-state index contributed by atoms with van der Waals surface area (Å²) in [6.07, 6.45) is 2.16. The van der Waals surface area contributed by atoms with Gasteiger partial charge in [0.25, 0.3) is 0 Å². The third kappa shape index (κ3) is 4.48. The molecule has 0 N–H and O–H groups in total. The predicted octanol–water partition coefficient (Wildman–Crippen LogP) is 5.44. The molecule has 1 heterocycles. The van der Waals surface area contributed by atoms with Crippen LogP contribution in [0.25, 0.3) is 0 Å². The summed E-state index contributed by atoms with van der Waals surface area (Å²) in [4.78, 5) is 0. The Morgan fingerprint density at radius 1 is 1.04 bits per heavy atom. The van der Waals surface area contributed by atoms with E-state index >= 15 is 0 Å². The van der Waals surface area contributed by atoms with Crippen molar-refractivity contribution in [3.8, 4) is 0 Å². The van der Waals surface area contributed by atoms with Gasteiger partial charge >= 0.3 is 8.56 Å². The third-order valence-corrected chi connectivity index (χ3v) is 9.97. The minimum absolute atomic E-state index is 0.0504. The Morgan fingerprint density at radius 2 is 1.67 bits per heavy atom. The van der Waals surface area contributed by atoms with Crippen LogP contribution in [0.15, 0.2) is 30.3 Å². The number of benzene rings is 1. The van der Waals surface area contributed by atoms with Crippen LogP contribution in [0.3, 0.4) is 0 Å². The summed E-state index contributed by atoms with van der Waals surface area (Å²) >= 11 is 0. The van der Waals surface area contributed by atoms with E-state index in [0.717, 1.165) is 26.1 Å². The lowest BCUT2D eigenvalue weighted by atomic mass is 10.2. The SMILES string of the molecule is CC(C)(C)[Si]1(C(C)(C)C)OCCC(CCOCc2ccccc2)O1. The Balaban J connectivity index is 1.90. The fourth-order valence-corrected chi connectivity index (χ4v) is 8.76. The van der Waals surface area contributed by atoms with Crippen LogP contribution in [0, 0.1) is 0 Å². The van der Waals surface area contributed by atoms with Gasteiger partial charge in [-0.1, -0.05) is 71.9 Å². The molecule has 0 radical (unpaired) electrons. The quantitative estimate of drug-likeness (QED) is 0.522. The van der Waals surface area contributed by atoms with Gasteiger partial charge in [-0.05, 0) is 18.4 Å². The summed E-state index contributed by atoms with van der Waals surface area (Å²) in [5.41, 5.74) is 1.22. The number of ether oxygens (including phenoxy) is 1. The Morgan fingerprint density at radius 3 is 2.25 bits per heavy atom. The van der Waals surface area contributed by atoms with Gasteiger partial charge in [0.15, 0.2) is 0 Å². The van der Waals surface area contributed by atoms with Crippen molar-refractivity contribution >= 4 is 8.56 Å². The molecule has 0 aromatic heterocycles. The molecule has 2 rings (SSSR count). The molecular weight excluding hydrogens is 316 g/mol. The largest absolute Gasteiger partial charge is 0.394 e. The highest BCUT2D eigenvalue weighted by Gasteiger charge is 2.60. The predicted molar refractivity (Wildman–Crippen MR) is 101 cm³/mol. The highest BCUT2D eigenvalue weighted by molar-refractivity contribution is 6.73. The second kappa shape index (κ2) is 7.69. The van der Waals surface area contributed by atoms with Crippen molar-refractivity contribution in [2.24, 2.45) is 0 Å². The van der Waals surface area contributed by atoms with Crippen LogP contribution in [0.1, 0.15) is 59.9 Å². The first-order chi connectivity index (χ1) is 11.2. The zero-order valence-corrected chi connectivity index (χ0v) is 17.2. The number of hydrogen-bond acceptors (Lipinski definition) is 3. The lowest BCUT2D eigenvalue weighted by Crippen LogP contribution is -2.61. The number of hydrogen-bond donors (Lipinski definition) is 0. The molecule has 4 heteroatoms. The molecule has 0 aliphatic carbocycles. The molecule has 3 nitrogen and oxygen atoms in total. The number of rotatable bonds is 5. The first kappa shape index (κ1) is 19.6. The molecule has 1 aliphatic rings. The first-order valence-corrected chi connectivity index (χ1v) is 10.9. The minimum Gasteiger partial charge on any atom is -0.394 e. The van der Waals surface area contributed by atoms with E-state index in [0.29, 0.717) is 6.61 Å². The topological polar surface area (TPSA) is 27.7 Å². The van der Waals surface area contributed by atoms with E-state index in [-0.39, 0.29) is 16.2 Å². The summed E-state index contributed by atoms with van der Waals surface area (Å²) in [6.45, 7) is 15.8. The van der Waals surface area contributed by atoms with Gasteiger partial charge in [0.2, 0.25) is 0 Å². The van der Waals surface area contributed by atoms with Gasteiger partial charge in [-0.3, -0.25) is 0 Å². The van der Waals surface area contributed by atoms with Crippen LogP contribution < -0.4 is 0 Å². The minimum atomic E-state index is -2.33. The Hall–Kier alpha value is -0.683. The monoisotopic (exact) mass is 350 g/mol. The average Bonchev–Trinajstić information content (AvgIpc) is 2.51. The van der Waals surface area contributed by atoms with Crippen molar-refractivity contribution in [1.29, 1.82) is 0 Å². The summed E-state index contributed by atoms with van der Waals surface area (Å²) in [5, 5.41) is 0.101. The van der Waals surface area contributed by atoms with E-state index in [1.54, 1.807) is 0 Å². The molecule has 0 spiro atoms. The first-order valence-electron chi connectivity index (χ1n) is 9.09. The molecule has 1 aliphatic heterocycles. The van der Waals surface area contributed by atoms with E-state index in [4.69, 9.17) is 13.6 Å². The molecule has 1 saturated heterocycles.